The topological polar surface area (TPSA) is 73.2 Å². The monoisotopic (exact) mass is 369 g/mol. The zero-order valence-corrected chi connectivity index (χ0v) is 14.9. The number of sulfonamides is 1. The average molecular weight is 369 g/mol. The Morgan fingerprint density at radius 2 is 1.92 bits per heavy atom. The second kappa shape index (κ2) is 6.93. The lowest BCUT2D eigenvalue weighted by molar-refractivity contribution is 0.356. The number of aromatic nitrogens is 2. The van der Waals surface area contributed by atoms with Gasteiger partial charge in [-0.1, -0.05) is 24.3 Å². The molecule has 0 aliphatic carbocycles. The Bertz CT molecular complexity index is 997. The lowest BCUT2D eigenvalue weighted by atomic mass is 10.1. The lowest BCUT2D eigenvalue weighted by Gasteiger charge is -2.09. The lowest BCUT2D eigenvalue weighted by Crippen LogP contribution is -2.23. The van der Waals surface area contributed by atoms with Gasteiger partial charge in [0, 0.05) is 31.9 Å². The number of imidazole rings is 1. The standard InChI is InChI=1S/C19H19N3O3S/c23-26(24,18-5-6-19-17(11-18)7-10-25-19)21-12-15-1-3-16(4-2-15)13-22-9-8-20-14-22/h1-6,8-9,11,14,21H,7,10,12-13H2. The molecule has 1 aliphatic heterocycles. The molecule has 0 bridgehead atoms. The molecule has 2 aromatic carbocycles. The number of nitrogens with one attached hydrogen (secondary N) is 1. The van der Waals surface area contributed by atoms with E-state index in [4.69, 9.17) is 4.74 Å². The fourth-order valence-corrected chi connectivity index (χ4v) is 4.01. The van der Waals surface area contributed by atoms with Crippen molar-refractivity contribution in [1.29, 1.82) is 0 Å². The number of ether oxygens (including phenoxy) is 1. The summed E-state index contributed by atoms with van der Waals surface area (Å²) in [5.74, 6) is 0.775. The van der Waals surface area contributed by atoms with Crippen LogP contribution in [0.1, 0.15) is 16.7 Å². The first-order valence-electron chi connectivity index (χ1n) is 8.39. The highest BCUT2D eigenvalue weighted by atomic mass is 32.2. The van der Waals surface area contributed by atoms with Crippen LogP contribution in [0.3, 0.4) is 0 Å². The normalized spacial score (nSPS) is 13.4. The third-order valence-corrected chi connectivity index (χ3v) is 5.78. The second-order valence-corrected chi connectivity index (χ2v) is 8.01. The van der Waals surface area contributed by atoms with Crippen LogP contribution in [0.5, 0.6) is 5.75 Å². The smallest absolute Gasteiger partial charge is 0.240 e. The minimum Gasteiger partial charge on any atom is -0.493 e. The van der Waals surface area contributed by atoms with Crippen molar-refractivity contribution in [3.63, 3.8) is 0 Å². The fraction of sp³-hybridized carbons (Fsp3) is 0.211. The third kappa shape index (κ3) is 3.63. The van der Waals surface area contributed by atoms with Gasteiger partial charge >= 0.3 is 0 Å². The molecule has 0 saturated carbocycles. The van der Waals surface area contributed by atoms with Gasteiger partial charge in [0.2, 0.25) is 10.0 Å². The van der Waals surface area contributed by atoms with Gasteiger partial charge in [0.25, 0.3) is 0 Å². The summed E-state index contributed by atoms with van der Waals surface area (Å²) in [4.78, 5) is 4.30. The highest BCUT2D eigenvalue weighted by molar-refractivity contribution is 7.89. The van der Waals surface area contributed by atoms with Crippen molar-refractivity contribution < 1.29 is 13.2 Å². The molecule has 1 aliphatic rings. The molecule has 0 saturated heterocycles. The Hall–Kier alpha value is -2.64. The summed E-state index contributed by atoms with van der Waals surface area (Å²) in [6.45, 7) is 1.60. The van der Waals surface area contributed by atoms with E-state index >= 15 is 0 Å². The van der Waals surface area contributed by atoms with Crippen LogP contribution in [0.4, 0.5) is 0 Å². The third-order valence-electron chi connectivity index (χ3n) is 4.38. The molecule has 3 aromatic rings. The molecule has 7 heteroatoms. The molecule has 26 heavy (non-hydrogen) atoms. The molecule has 0 fully saturated rings. The van der Waals surface area contributed by atoms with Crippen LogP contribution in [0.2, 0.25) is 0 Å². The maximum atomic E-state index is 12.5. The number of hydrogen-bond acceptors (Lipinski definition) is 4. The van der Waals surface area contributed by atoms with Crippen molar-refractivity contribution in [3.8, 4) is 5.75 Å². The summed E-state index contributed by atoms with van der Waals surface area (Å²) in [6.07, 6.45) is 6.17. The van der Waals surface area contributed by atoms with Crippen molar-refractivity contribution in [2.75, 3.05) is 6.61 Å². The molecule has 0 radical (unpaired) electrons. The first-order valence-corrected chi connectivity index (χ1v) is 9.87. The largest absolute Gasteiger partial charge is 0.493 e. The van der Waals surface area contributed by atoms with Crippen LogP contribution in [0.25, 0.3) is 0 Å². The van der Waals surface area contributed by atoms with Crippen LogP contribution >= 0.6 is 0 Å². The molecule has 0 spiro atoms. The van der Waals surface area contributed by atoms with Gasteiger partial charge in [-0.25, -0.2) is 18.1 Å². The van der Waals surface area contributed by atoms with Gasteiger partial charge < -0.3 is 9.30 Å². The van der Waals surface area contributed by atoms with E-state index in [0.717, 1.165) is 35.4 Å². The summed E-state index contributed by atoms with van der Waals surface area (Å²) < 4.78 is 35.1. The minimum atomic E-state index is -3.55. The van der Waals surface area contributed by atoms with Crippen molar-refractivity contribution >= 4 is 10.0 Å². The quantitative estimate of drug-likeness (QED) is 0.724. The summed E-state index contributed by atoms with van der Waals surface area (Å²) >= 11 is 0. The Labute approximate surface area is 152 Å². The van der Waals surface area contributed by atoms with Crippen LogP contribution in [-0.2, 0) is 29.5 Å². The first kappa shape index (κ1) is 16.8. The van der Waals surface area contributed by atoms with Crippen LogP contribution < -0.4 is 9.46 Å². The fourth-order valence-electron chi connectivity index (χ4n) is 2.95. The van der Waals surface area contributed by atoms with Crippen molar-refractivity contribution in [3.05, 3.63) is 77.9 Å². The Morgan fingerprint density at radius 3 is 2.69 bits per heavy atom. The average Bonchev–Trinajstić information content (AvgIpc) is 3.32. The first-order chi connectivity index (χ1) is 12.6. The predicted octanol–water partition coefficient (Wildman–Crippen LogP) is 2.34. The van der Waals surface area contributed by atoms with E-state index in [1.165, 1.54) is 0 Å². The second-order valence-electron chi connectivity index (χ2n) is 6.24. The summed E-state index contributed by atoms with van der Waals surface area (Å²) in [5, 5.41) is 0. The van der Waals surface area contributed by atoms with E-state index in [-0.39, 0.29) is 11.4 Å². The van der Waals surface area contributed by atoms with E-state index in [0.29, 0.717) is 6.61 Å². The van der Waals surface area contributed by atoms with Crippen LogP contribution in [0.15, 0.2) is 66.1 Å². The van der Waals surface area contributed by atoms with Crippen molar-refractivity contribution in [2.24, 2.45) is 0 Å². The number of rotatable bonds is 6. The highest BCUT2D eigenvalue weighted by Gasteiger charge is 2.19. The van der Waals surface area contributed by atoms with Gasteiger partial charge in [-0.3, -0.25) is 0 Å². The number of nitrogens with zero attached hydrogens (tertiary/aromatic N) is 2. The summed E-state index contributed by atoms with van der Waals surface area (Å²) in [6, 6.07) is 12.9. The molecule has 4 rings (SSSR count). The number of hydrogen-bond donors (Lipinski definition) is 1. The molecule has 1 aromatic heterocycles. The molecule has 6 nitrogen and oxygen atoms in total. The molecule has 0 amide bonds. The minimum absolute atomic E-state index is 0.251. The molecule has 0 atom stereocenters. The van der Waals surface area contributed by atoms with E-state index < -0.39 is 10.0 Å². The van der Waals surface area contributed by atoms with Gasteiger partial charge in [-0.15, -0.1) is 0 Å². The van der Waals surface area contributed by atoms with Crippen molar-refractivity contribution in [1.82, 2.24) is 14.3 Å². The zero-order chi connectivity index (χ0) is 18.0. The summed E-state index contributed by atoms with van der Waals surface area (Å²) in [5.41, 5.74) is 2.98. The van der Waals surface area contributed by atoms with Crippen LogP contribution in [-0.4, -0.2) is 24.6 Å². The zero-order valence-electron chi connectivity index (χ0n) is 14.1. The number of fused-ring (bicyclic) bond motifs is 1. The maximum Gasteiger partial charge on any atom is 0.240 e. The molecule has 2 heterocycles. The van der Waals surface area contributed by atoms with Crippen molar-refractivity contribution in [2.45, 2.75) is 24.4 Å². The molecular formula is C19H19N3O3S. The highest BCUT2D eigenvalue weighted by Crippen LogP contribution is 2.27. The van der Waals surface area contributed by atoms with E-state index in [2.05, 4.69) is 9.71 Å². The van der Waals surface area contributed by atoms with E-state index in [9.17, 15) is 8.42 Å². The van der Waals surface area contributed by atoms with E-state index in [1.807, 2.05) is 35.0 Å². The van der Waals surface area contributed by atoms with Gasteiger partial charge in [-0.2, -0.15) is 0 Å². The Balaban J connectivity index is 1.41. The molecule has 134 valence electrons. The van der Waals surface area contributed by atoms with Gasteiger partial charge in [0.05, 0.1) is 17.8 Å². The molecular weight excluding hydrogens is 350 g/mol. The van der Waals surface area contributed by atoms with Gasteiger partial charge in [0.1, 0.15) is 5.75 Å². The molecule has 0 unspecified atom stereocenters. The van der Waals surface area contributed by atoms with Crippen LogP contribution in [0, 0.1) is 0 Å². The maximum absolute atomic E-state index is 12.5. The van der Waals surface area contributed by atoms with E-state index in [1.54, 1.807) is 30.7 Å². The predicted molar refractivity (Wildman–Crippen MR) is 97.4 cm³/mol. The van der Waals surface area contributed by atoms with Gasteiger partial charge in [-0.05, 0) is 34.9 Å². The number of benzene rings is 2. The SMILES string of the molecule is O=S(=O)(NCc1ccc(Cn2ccnc2)cc1)c1ccc2c(c1)CCO2. The Morgan fingerprint density at radius 1 is 1.12 bits per heavy atom. The summed E-state index contributed by atoms with van der Waals surface area (Å²) in [7, 11) is -3.55. The Kier molecular flexibility index (Phi) is 4.48. The van der Waals surface area contributed by atoms with Gasteiger partial charge in [0.15, 0.2) is 0 Å². The molecule has 1 N–H and O–H groups in total.